The van der Waals surface area contributed by atoms with Crippen molar-refractivity contribution in [2.75, 3.05) is 6.61 Å². The van der Waals surface area contributed by atoms with Crippen molar-refractivity contribution in [3.63, 3.8) is 0 Å². The molecule has 2 nitrogen and oxygen atoms in total. The first-order valence-corrected chi connectivity index (χ1v) is 8.06. The van der Waals surface area contributed by atoms with E-state index in [-0.39, 0.29) is 11.1 Å². The van der Waals surface area contributed by atoms with Gasteiger partial charge < -0.3 is 9.53 Å². The van der Waals surface area contributed by atoms with Crippen LogP contribution in [0.2, 0.25) is 18.1 Å². The highest BCUT2D eigenvalue weighted by Crippen LogP contribution is 2.36. The van der Waals surface area contributed by atoms with Crippen LogP contribution in [0.5, 0.6) is 0 Å². The second-order valence-corrected chi connectivity index (χ2v) is 10.0. The van der Waals surface area contributed by atoms with Crippen LogP contribution in [0.25, 0.3) is 0 Å². The normalized spacial score (nSPS) is 16.2. The Morgan fingerprint density at radius 2 is 1.86 bits per heavy atom. The summed E-state index contributed by atoms with van der Waals surface area (Å²) in [5.74, 6) is 0. The monoisotopic (exact) mass is 216 g/mol. The minimum absolute atomic E-state index is 0.256. The summed E-state index contributed by atoms with van der Waals surface area (Å²) in [5.41, 5.74) is 0. The topological polar surface area (TPSA) is 29.5 Å². The van der Waals surface area contributed by atoms with Gasteiger partial charge in [-0.1, -0.05) is 32.9 Å². The van der Waals surface area contributed by atoms with Gasteiger partial charge >= 0.3 is 0 Å². The van der Waals surface area contributed by atoms with Crippen LogP contribution in [0.1, 0.15) is 27.7 Å². The van der Waals surface area contributed by atoms with Crippen molar-refractivity contribution in [2.24, 2.45) is 0 Å². The molecule has 0 unspecified atom stereocenters. The average molecular weight is 216 g/mol. The number of hydrogen-bond donors (Lipinski definition) is 1. The molecule has 1 N–H and O–H groups in total. The third kappa shape index (κ3) is 4.93. The predicted molar refractivity (Wildman–Crippen MR) is 64.0 cm³/mol. The highest BCUT2D eigenvalue weighted by atomic mass is 28.4. The van der Waals surface area contributed by atoms with E-state index in [0.717, 1.165) is 0 Å². The first-order chi connectivity index (χ1) is 6.17. The molecule has 0 bridgehead atoms. The third-order valence-electron chi connectivity index (χ3n) is 2.76. The lowest BCUT2D eigenvalue weighted by molar-refractivity contribution is 0.242. The van der Waals surface area contributed by atoms with Gasteiger partial charge in [-0.3, -0.25) is 0 Å². The smallest absolute Gasteiger partial charge is 0.192 e. The summed E-state index contributed by atoms with van der Waals surface area (Å²) in [6.45, 7) is 13.5. The lowest BCUT2D eigenvalue weighted by atomic mass is 10.2. The van der Waals surface area contributed by atoms with E-state index < -0.39 is 8.32 Å². The van der Waals surface area contributed by atoms with Gasteiger partial charge in [0.25, 0.3) is 0 Å². The molecular weight excluding hydrogens is 192 g/mol. The molecule has 0 aromatic heterocycles. The molecule has 0 rings (SSSR count). The van der Waals surface area contributed by atoms with Gasteiger partial charge in [-0.25, -0.2) is 0 Å². The van der Waals surface area contributed by atoms with Crippen LogP contribution in [-0.2, 0) is 4.43 Å². The summed E-state index contributed by atoms with van der Waals surface area (Å²) >= 11 is 0. The fourth-order valence-corrected chi connectivity index (χ4v) is 1.67. The highest BCUT2D eigenvalue weighted by molar-refractivity contribution is 6.74. The van der Waals surface area contributed by atoms with Gasteiger partial charge in [0.1, 0.15) is 0 Å². The van der Waals surface area contributed by atoms with Crippen molar-refractivity contribution in [2.45, 2.75) is 51.9 Å². The molecule has 0 radical (unpaired) electrons. The molecule has 0 fully saturated rings. The molecular formula is C11H24O2Si. The average Bonchev–Trinajstić information content (AvgIpc) is 1.95. The Hall–Kier alpha value is -0.123. The Balaban J connectivity index is 4.01. The lowest BCUT2D eigenvalue weighted by Gasteiger charge is -2.35. The van der Waals surface area contributed by atoms with E-state index in [1.165, 1.54) is 0 Å². The molecule has 0 aliphatic rings. The van der Waals surface area contributed by atoms with Gasteiger partial charge in [-0.15, -0.1) is 0 Å². The maximum atomic E-state index is 9.01. The van der Waals surface area contributed by atoms with Crippen LogP contribution in [0, 0.1) is 0 Å². The van der Waals surface area contributed by atoms with Crippen molar-refractivity contribution >= 4 is 8.32 Å². The van der Waals surface area contributed by atoms with Crippen molar-refractivity contribution in [3.05, 3.63) is 12.2 Å². The molecule has 1 atom stereocenters. The molecule has 0 heterocycles. The van der Waals surface area contributed by atoms with E-state index in [1.807, 2.05) is 6.08 Å². The largest absolute Gasteiger partial charge is 0.413 e. The molecule has 3 heteroatoms. The molecule has 84 valence electrons. The molecule has 0 spiro atoms. The van der Waals surface area contributed by atoms with Crippen LogP contribution in [0.15, 0.2) is 12.2 Å². The Morgan fingerprint density at radius 1 is 1.36 bits per heavy atom. The first kappa shape index (κ1) is 13.9. The summed E-state index contributed by atoms with van der Waals surface area (Å²) in [6, 6.07) is 0. The van der Waals surface area contributed by atoms with Gasteiger partial charge in [-0.2, -0.15) is 0 Å². The van der Waals surface area contributed by atoms with E-state index in [0.29, 0.717) is 6.61 Å². The van der Waals surface area contributed by atoms with Crippen LogP contribution >= 0.6 is 0 Å². The molecule has 0 amide bonds. The Morgan fingerprint density at radius 3 is 2.21 bits per heavy atom. The molecule has 0 aliphatic heterocycles. The number of aliphatic hydroxyl groups excluding tert-OH is 1. The van der Waals surface area contributed by atoms with E-state index in [1.54, 1.807) is 13.0 Å². The second-order valence-electron chi connectivity index (χ2n) is 5.24. The van der Waals surface area contributed by atoms with Crippen LogP contribution in [0.3, 0.4) is 0 Å². The zero-order valence-electron chi connectivity index (χ0n) is 10.3. The van der Waals surface area contributed by atoms with Crippen molar-refractivity contribution < 1.29 is 9.53 Å². The molecule has 0 saturated heterocycles. The minimum Gasteiger partial charge on any atom is -0.413 e. The van der Waals surface area contributed by atoms with Gasteiger partial charge in [-0.05, 0) is 25.1 Å². The fourth-order valence-electron chi connectivity index (χ4n) is 0.725. The summed E-state index contributed by atoms with van der Waals surface area (Å²) < 4.78 is 5.89. The quantitative estimate of drug-likeness (QED) is 0.578. The summed E-state index contributed by atoms with van der Waals surface area (Å²) in [7, 11) is -1.61. The van der Waals surface area contributed by atoms with Crippen LogP contribution in [0.4, 0.5) is 0 Å². The maximum Gasteiger partial charge on any atom is 0.192 e. The number of hydrogen-bond acceptors (Lipinski definition) is 2. The van der Waals surface area contributed by atoms with E-state index >= 15 is 0 Å². The molecule has 14 heavy (non-hydrogen) atoms. The fraction of sp³-hybridized carbons (Fsp3) is 0.818. The summed E-state index contributed by atoms with van der Waals surface area (Å²) in [6.07, 6.45) is 3.27. The Labute approximate surface area is 89.1 Å². The Kier molecular flexibility index (Phi) is 5.05. The SMILES string of the molecule is C[C@H](O)C=CCO[Si](C)(C)C(C)(C)C. The maximum absolute atomic E-state index is 9.01. The highest BCUT2D eigenvalue weighted by Gasteiger charge is 2.36. The summed E-state index contributed by atoms with van der Waals surface area (Å²) in [5, 5.41) is 9.27. The van der Waals surface area contributed by atoms with Gasteiger partial charge in [0.15, 0.2) is 8.32 Å². The molecule has 0 aromatic carbocycles. The van der Waals surface area contributed by atoms with Gasteiger partial charge in [0.05, 0.1) is 12.7 Å². The summed E-state index contributed by atoms with van der Waals surface area (Å²) in [4.78, 5) is 0. The Bertz CT molecular complexity index is 190. The van der Waals surface area contributed by atoms with E-state index in [4.69, 9.17) is 9.53 Å². The predicted octanol–water partition coefficient (Wildman–Crippen LogP) is 2.95. The lowest BCUT2D eigenvalue weighted by Crippen LogP contribution is -2.40. The standard InChI is InChI=1S/C11H24O2Si/c1-10(12)8-7-9-13-14(5,6)11(2,3)4/h7-8,10,12H,9H2,1-6H3/t10-/m0/s1. The molecule has 0 aliphatic carbocycles. The van der Waals surface area contributed by atoms with Gasteiger partial charge in [0, 0.05) is 0 Å². The van der Waals surface area contributed by atoms with Crippen molar-refractivity contribution in [3.8, 4) is 0 Å². The van der Waals surface area contributed by atoms with Crippen molar-refractivity contribution in [1.29, 1.82) is 0 Å². The van der Waals surface area contributed by atoms with Crippen LogP contribution < -0.4 is 0 Å². The van der Waals surface area contributed by atoms with E-state index in [9.17, 15) is 0 Å². The minimum atomic E-state index is -1.61. The second kappa shape index (κ2) is 5.10. The van der Waals surface area contributed by atoms with Gasteiger partial charge in [0.2, 0.25) is 0 Å². The number of aliphatic hydroxyl groups is 1. The van der Waals surface area contributed by atoms with Crippen LogP contribution in [-0.4, -0.2) is 26.1 Å². The van der Waals surface area contributed by atoms with Crippen molar-refractivity contribution in [1.82, 2.24) is 0 Å². The van der Waals surface area contributed by atoms with E-state index in [2.05, 4.69) is 33.9 Å². The zero-order chi connectivity index (χ0) is 11.4. The third-order valence-corrected chi connectivity index (χ3v) is 7.26. The number of rotatable bonds is 4. The molecule has 0 saturated carbocycles. The molecule has 0 aromatic rings. The first-order valence-electron chi connectivity index (χ1n) is 5.15. The zero-order valence-corrected chi connectivity index (χ0v) is 11.3.